The van der Waals surface area contributed by atoms with Gasteiger partial charge in [-0.2, -0.15) is 0 Å². The molecule has 0 unspecified atom stereocenters. The molecule has 0 radical (unpaired) electrons. The highest BCUT2D eigenvalue weighted by atomic mass is 19.1. The van der Waals surface area contributed by atoms with Gasteiger partial charge >= 0.3 is 0 Å². The summed E-state index contributed by atoms with van der Waals surface area (Å²) in [5.41, 5.74) is 2.61. The number of unbranched alkanes of at least 4 members (excludes halogenated alkanes) is 5. The van der Waals surface area contributed by atoms with Crippen LogP contribution in [0, 0.1) is 11.6 Å². The molecule has 124 valence electrons. The van der Waals surface area contributed by atoms with Crippen molar-refractivity contribution in [1.82, 2.24) is 0 Å². The summed E-state index contributed by atoms with van der Waals surface area (Å²) in [4.78, 5) is 0. The van der Waals surface area contributed by atoms with E-state index in [9.17, 15) is 13.2 Å². The van der Waals surface area contributed by atoms with Crippen molar-refractivity contribution in [2.45, 2.75) is 44.9 Å². The molecule has 0 fully saturated rings. The molecule has 0 bridgehead atoms. The fraction of sp³-hybridized carbons (Fsp3) is 0.400. The molecule has 0 aliphatic heterocycles. The minimum Gasteiger partial charge on any atom is -0.251 e. The third-order valence-electron chi connectivity index (χ3n) is 4.00. The fourth-order valence-electron chi connectivity index (χ4n) is 2.72. The van der Waals surface area contributed by atoms with Crippen LogP contribution in [0.25, 0.3) is 11.1 Å². The Labute approximate surface area is 136 Å². The lowest BCUT2D eigenvalue weighted by molar-refractivity contribution is 0.450. The average Bonchev–Trinajstić information content (AvgIpc) is 2.54. The first-order chi connectivity index (χ1) is 11.2. The van der Waals surface area contributed by atoms with Gasteiger partial charge in [-0.05, 0) is 48.1 Å². The standard InChI is InChI=1S/C20H23F3/c21-12-6-4-2-1-3-5-7-16-8-10-17(11-9-16)18-13-19(22)15-20(23)14-18/h8-11,13-15H,1-7,12H2. The normalized spacial score (nSPS) is 10.9. The second-order valence-corrected chi connectivity index (χ2v) is 5.92. The molecule has 0 aliphatic carbocycles. The average molecular weight is 320 g/mol. The van der Waals surface area contributed by atoms with Gasteiger partial charge in [0.1, 0.15) is 11.6 Å². The maximum atomic E-state index is 13.2. The molecule has 2 aromatic rings. The molecule has 0 atom stereocenters. The van der Waals surface area contributed by atoms with Gasteiger partial charge in [0.15, 0.2) is 0 Å². The molecular weight excluding hydrogens is 297 g/mol. The Morgan fingerprint density at radius 2 is 1.17 bits per heavy atom. The van der Waals surface area contributed by atoms with Crippen LogP contribution >= 0.6 is 0 Å². The van der Waals surface area contributed by atoms with E-state index in [0.29, 0.717) is 12.0 Å². The molecule has 0 heterocycles. The van der Waals surface area contributed by atoms with Crippen molar-refractivity contribution in [2.24, 2.45) is 0 Å². The molecule has 0 saturated carbocycles. The smallest absolute Gasteiger partial charge is 0.126 e. The van der Waals surface area contributed by atoms with Crippen LogP contribution in [0.3, 0.4) is 0 Å². The van der Waals surface area contributed by atoms with E-state index in [1.54, 1.807) is 0 Å². The molecule has 23 heavy (non-hydrogen) atoms. The van der Waals surface area contributed by atoms with Gasteiger partial charge in [-0.3, -0.25) is 4.39 Å². The second kappa shape index (κ2) is 9.39. The predicted octanol–water partition coefficient (Wildman–Crippen LogP) is 6.48. The van der Waals surface area contributed by atoms with Gasteiger partial charge in [0, 0.05) is 6.07 Å². The van der Waals surface area contributed by atoms with Gasteiger partial charge in [0.2, 0.25) is 0 Å². The van der Waals surface area contributed by atoms with Crippen molar-refractivity contribution in [3.8, 4) is 11.1 Å². The first-order valence-electron chi connectivity index (χ1n) is 8.30. The van der Waals surface area contributed by atoms with Gasteiger partial charge in [0.25, 0.3) is 0 Å². The largest absolute Gasteiger partial charge is 0.251 e. The van der Waals surface area contributed by atoms with E-state index in [-0.39, 0.29) is 6.67 Å². The number of aryl methyl sites for hydroxylation is 1. The first-order valence-corrected chi connectivity index (χ1v) is 8.30. The van der Waals surface area contributed by atoms with Crippen molar-refractivity contribution in [2.75, 3.05) is 6.67 Å². The van der Waals surface area contributed by atoms with Crippen molar-refractivity contribution >= 4 is 0 Å². The van der Waals surface area contributed by atoms with Crippen LogP contribution in [0.15, 0.2) is 42.5 Å². The zero-order valence-electron chi connectivity index (χ0n) is 13.3. The second-order valence-electron chi connectivity index (χ2n) is 5.92. The van der Waals surface area contributed by atoms with E-state index in [1.165, 1.54) is 17.7 Å². The quantitative estimate of drug-likeness (QED) is 0.464. The molecule has 2 aromatic carbocycles. The van der Waals surface area contributed by atoms with Gasteiger partial charge in [-0.15, -0.1) is 0 Å². The van der Waals surface area contributed by atoms with E-state index >= 15 is 0 Å². The topological polar surface area (TPSA) is 0 Å². The Morgan fingerprint density at radius 1 is 0.609 bits per heavy atom. The lowest BCUT2D eigenvalue weighted by Crippen LogP contribution is -1.88. The molecule has 0 aromatic heterocycles. The summed E-state index contributed by atoms with van der Waals surface area (Å²) in [6.45, 7) is -0.207. The highest BCUT2D eigenvalue weighted by Gasteiger charge is 2.03. The molecule has 0 N–H and O–H groups in total. The van der Waals surface area contributed by atoms with Crippen molar-refractivity contribution in [3.63, 3.8) is 0 Å². The van der Waals surface area contributed by atoms with Crippen LogP contribution in [0.4, 0.5) is 13.2 Å². The molecule has 0 saturated heterocycles. The van der Waals surface area contributed by atoms with Crippen LogP contribution in [0.2, 0.25) is 0 Å². The summed E-state index contributed by atoms with van der Waals surface area (Å²) in [5, 5.41) is 0. The predicted molar refractivity (Wildman–Crippen MR) is 89.2 cm³/mol. The van der Waals surface area contributed by atoms with Crippen LogP contribution in [-0.2, 0) is 6.42 Å². The SMILES string of the molecule is FCCCCCCCCc1ccc(-c2cc(F)cc(F)c2)cc1. The van der Waals surface area contributed by atoms with Gasteiger partial charge in [-0.25, -0.2) is 8.78 Å². The lowest BCUT2D eigenvalue weighted by atomic mass is 10.0. The maximum absolute atomic E-state index is 13.2. The third kappa shape index (κ3) is 6.09. The van der Waals surface area contributed by atoms with E-state index in [1.807, 2.05) is 24.3 Å². The minimum atomic E-state index is -0.558. The summed E-state index contributed by atoms with van der Waals surface area (Å²) >= 11 is 0. The highest BCUT2D eigenvalue weighted by Crippen LogP contribution is 2.22. The molecule has 3 heteroatoms. The third-order valence-corrected chi connectivity index (χ3v) is 4.00. The van der Waals surface area contributed by atoms with Crippen LogP contribution in [-0.4, -0.2) is 6.67 Å². The van der Waals surface area contributed by atoms with Crippen molar-refractivity contribution in [1.29, 1.82) is 0 Å². The number of benzene rings is 2. The fourth-order valence-corrected chi connectivity index (χ4v) is 2.72. The zero-order chi connectivity index (χ0) is 16.5. The molecule has 0 nitrogen and oxygen atoms in total. The molecule has 2 rings (SSSR count). The summed E-state index contributed by atoms with van der Waals surface area (Å²) in [6.07, 6.45) is 7.19. The summed E-state index contributed by atoms with van der Waals surface area (Å²) in [7, 11) is 0. The summed E-state index contributed by atoms with van der Waals surface area (Å²) in [5.74, 6) is -1.12. The Hall–Kier alpha value is -1.77. The first kappa shape index (κ1) is 17.6. The van der Waals surface area contributed by atoms with Crippen LogP contribution in [0.1, 0.15) is 44.1 Å². The van der Waals surface area contributed by atoms with Crippen molar-refractivity contribution in [3.05, 3.63) is 59.7 Å². The Balaban J connectivity index is 1.80. The molecule has 0 aliphatic rings. The van der Waals surface area contributed by atoms with Crippen LogP contribution < -0.4 is 0 Å². The molecular formula is C20H23F3. The number of hydrogen-bond donors (Lipinski definition) is 0. The monoisotopic (exact) mass is 320 g/mol. The highest BCUT2D eigenvalue weighted by molar-refractivity contribution is 5.63. The van der Waals surface area contributed by atoms with Gasteiger partial charge in [0.05, 0.1) is 6.67 Å². The van der Waals surface area contributed by atoms with E-state index in [4.69, 9.17) is 0 Å². The van der Waals surface area contributed by atoms with Gasteiger partial charge in [-0.1, -0.05) is 49.9 Å². The number of halogens is 3. The lowest BCUT2D eigenvalue weighted by Gasteiger charge is -2.06. The van der Waals surface area contributed by atoms with Gasteiger partial charge < -0.3 is 0 Å². The number of rotatable bonds is 9. The van der Waals surface area contributed by atoms with E-state index in [0.717, 1.165) is 50.2 Å². The zero-order valence-corrected chi connectivity index (χ0v) is 13.3. The summed E-state index contributed by atoms with van der Waals surface area (Å²) in [6, 6.07) is 11.4. The van der Waals surface area contributed by atoms with E-state index in [2.05, 4.69) is 0 Å². The van der Waals surface area contributed by atoms with Crippen LogP contribution in [0.5, 0.6) is 0 Å². The number of hydrogen-bond acceptors (Lipinski definition) is 0. The molecule has 0 amide bonds. The minimum absolute atomic E-state index is 0.207. The van der Waals surface area contributed by atoms with E-state index < -0.39 is 11.6 Å². The van der Waals surface area contributed by atoms with Crippen molar-refractivity contribution < 1.29 is 13.2 Å². The number of alkyl halides is 1. The Kier molecular flexibility index (Phi) is 7.18. The maximum Gasteiger partial charge on any atom is 0.126 e. The summed E-state index contributed by atoms with van der Waals surface area (Å²) < 4.78 is 38.4. The Morgan fingerprint density at radius 3 is 1.78 bits per heavy atom. The molecule has 0 spiro atoms. The Bertz CT molecular complexity index is 570.